The number of hydrogen-bond acceptors (Lipinski definition) is 4. The first-order chi connectivity index (χ1) is 9.25. The third kappa shape index (κ3) is 2.51. The molecule has 1 saturated carbocycles. The van der Waals surface area contributed by atoms with Gasteiger partial charge in [0.15, 0.2) is 5.82 Å². The molecule has 1 aromatic heterocycles. The van der Waals surface area contributed by atoms with Gasteiger partial charge in [-0.1, -0.05) is 24.4 Å². The molecule has 1 aliphatic heterocycles. The Morgan fingerprint density at radius 3 is 2.68 bits per heavy atom. The maximum Gasteiger partial charge on any atom is 0.249 e. The number of nitrogens with zero attached hydrogens (tertiary/aromatic N) is 3. The van der Waals surface area contributed by atoms with Crippen molar-refractivity contribution >= 4 is 5.91 Å². The minimum absolute atomic E-state index is 0.00984. The highest BCUT2D eigenvalue weighted by Crippen LogP contribution is 2.35. The SMILES string of the molecule is Cc1noc(C2CCCN2C(=O)C2CCCCC2)n1. The molecule has 0 N–H and O–H groups in total. The van der Waals surface area contributed by atoms with Crippen molar-refractivity contribution in [2.75, 3.05) is 6.54 Å². The molecule has 1 amide bonds. The number of hydrogen-bond donors (Lipinski definition) is 0. The lowest BCUT2D eigenvalue weighted by molar-refractivity contribution is -0.138. The normalized spacial score (nSPS) is 24.9. The minimum atomic E-state index is 0.00984. The Morgan fingerprint density at radius 1 is 1.21 bits per heavy atom. The van der Waals surface area contributed by atoms with Crippen molar-refractivity contribution in [1.29, 1.82) is 0 Å². The second-order valence-corrected chi connectivity index (χ2v) is 5.70. The standard InChI is InChI=1S/C14H21N3O2/c1-10-15-13(19-16-10)12-8-5-9-17(12)14(18)11-6-3-2-4-7-11/h11-12H,2-9H2,1H3. The van der Waals surface area contributed by atoms with E-state index >= 15 is 0 Å². The predicted molar refractivity (Wildman–Crippen MR) is 69.3 cm³/mol. The summed E-state index contributed by atoms with van der Waals surface area (Å²) in [7, 11) is 0. The molecule has 19 heavy (non-hydrogen) atoms. The van der Waals surface area contributed by atoms with Gasteiger partial charge in [-0.3, -0.25) is 4.79 Å². The van der Waals surface area contributed by atoms with Gasteiger partial charge in [-0.05, 0) is 32.6 Å². The summed E-state index contributed by atoms with van der Waals surface area (Å²) in [6.45, 7) is 2.65. The average molecular weight is 263 g/mol. The van der Waals surface area contributed by atoms with Crippen molar-refractivity contribution in [1.82, 2.24) is 15.0 Å². The molecule has 2 heterocycles. The molecule has 1 aromatic rings. The first-order valence-corrected chi connectivity index (χ1v) is 7.36. The van der Waals surface area contributed by atoms with Gasteiger partial charge in [0, 0.05) is 12.5 Å². The Bertz CT molecular complexity index is 451. The largest absolute Gasteiger partial charge is 0.337 e. The van der Waals surface area contributed by atoms with Gasteiger partial charge in [0.2, 0.25) is 11.8 Å². The van der Waals surface area contributed by atoms with Gasteiger partial charge < -0.3 is 9.42 Å². The van der Waals surface area contributed by atoms with E-state index in [1.165, 1.54) is 19.3 Å². The lowest BCUT2D eigenvalue weighted by atomic mass is 9.88. The van der Waals surface area contributed by atoms with Crippen LogP contribution in [0.3, 0.4) is 0 Å². The molecule has 0 bridgehead atoms. The van der Waals surface area contributed by atoms with Crippen LogP contribution in [0.5, 0.6) is 0 Å². The molecule has 104 valence electrons. The molecule has 2 fully saturated rings. The zero-order chi connectivity index (χ0) is 13.2. The van der Waals surface area contributed by atoms with Gasteiger partial charge in [0.05, 0.1) is 0 Å². The summed E-state index contributed by atoms with van der Waals surface area (Å²) < 4.78 is 5.26. The van der Waals surface area contributed by atoms with E-state index in [2.05, 4.69) is 10.1 Å². The Balaban J connectivity index is 1.73. The molecule has 5 heteroatoms. The van der Waals surface area contributed by atoms with E-state index in [0.29, 0.717) is 17.6 Å². The summed E-state index contributed by atoms with van der Waals surface area (Å²) in [4.78, 5) is 18.9. The molecule has 0 aromatic carbocycles. The Hall–Kier alpha value is -1.39. The summed E-state index contributed by atoms with van der Waals surface area (Å²) in [6, 6.07) is 0.00984. The number of amides is 1. The van der Waals surface area contributed by atoms with E-state index in [1.54, 1.807) is 0 Å². The first-order valence-electron chi connectivity index (χ1n) is 7.36. The van der Waals surface area contributed by atoms with Crippen LogP contribution < -0.4 is 0 Å². The first kappa shape index (κ1) is 12.6. The molecule has 2 aliphatic rings. The maximum atomic E-state index is 12.6. The molecule has 3 rings (SSSR count). The molecule has 1 unspecified atom stereocenters. The third-order valence-corrected chi connectivity index (χ3v) is 4.32. The fraction of sp³-hybridized carbons (Fsp3) is 0.786. The lowest BCUT2D eigenvalue weighted by Gasteiger charge is -2.29. The number of likely N-dealkylation sites (tertiary alicyclic amines) is 1. The van der Waals surface area contributed by atoms with Crippen LogP contribution in [0.4, 0.5) is 0 Å². The van der Waals surface area contributed by atoms with Crippen molar-refractivity contribution in [3.63, 3.8) is 0 Å². The van der Waals surface area contributed by atoms with E-state index in [4.69, 9.17) is 4.52 Å². The molecule has 0 spiro atoms. The highest BCUT2D eigenvalue weighted by atomic mass is 16.5. The summed E-state index contributed by atoms with van der Waals surface area (Å²) in [5.74, 6) is 1.78. The predicted octanol–water partition coefficient (Wildman–Crippen LogP) is 2.62. The molecule has 1 atom stereocenters. The second kappa shape index (κ2) is 5.31. The quantitative estimate of drug-likeness (QED) is 0.823. The van der Waals surface area contributed by atoms with Gasteiger partial charge in [-0.25, -0.2) is 0 Å². The van der Waals surface area contributed by atoms with Crippen molar-refractivity contribution < 1.29 is 9.32 Å². The number of carbonyl (C=O) groups is 1. The molecule has 0 radical (unpaired) electrons. The minimum Gasteiger partial charge on any atom is -0.337 e. The summed E-state index contributed by atoms with van der Waals surface area (Å²) >= 11 is 0. The third-order valence-electron chi connectivity index (χ3n) is 4.32. The van der Waals surface area contributed by atoms with E-state index < -0.39 is 0 Å². The number of rotatable bonds is 2. The average Bonchev–Trinajstić information content (AvgIpc) is 3.07. The Kier molecular flexibility index (Phi) is 3.53. The number of aryl methyl sites for hydroxylation is 1. The number of carbonyl (C=O) groups excluding carboxylic acids is 1. The fourth-order valence-electron chi connectivity index (χ4n) is 3.32. The monoisotopic (exact) mass is 263 g/mol. The van der Waals surface area contributed by atoms with Crippen LogP contribution in [0, 0.1) is 12.8 Å². The highest BCUT2D eigenvalue weighted by molar-refractivity contribution is 5.79. The van der Waals surface area contributed by atoms with Gasteiger partial charge >= 0.3 is 0 Å². The zero-order valence-corrected chi connectivity index (χ0v) is 11.5. The second-order valence-electron chi connectivity index (χ2n) is 5.70. The zero-order valence-electron chi connectivity index (χ0n) is 11.5. The summed E-state index contributed by atoms with van der Waals surface area (Å²) in [6.07, 6.45) is 7.72. The Labute approximate surface area is 113 Å². The molecule has 1 aliphatic carbocycles. The molecular weight excluding hydrogens is 242 g/mol. The van der Waals surface area contributed by atoms with E-state index in [1.807, 2.05) is 11.8 Å². The summed E-state index contributed by atoms with van der Waals surface area (Å²) in [5, 5.41) is 3.84. The van der Waals surface area contributed by atoms with Gasteiger partial charge in [0.1, 0.15) is 6.04 Å². The van der Waals surface area contributed by atoms with Crippen LogP contribution in [-0.4, -0.2) is 27.5 Å². The van der Waals surface area contributed by atoms with Crippen LogP contribution in [-0.2, 0) is 4.79 Å². The molecule has 1 saturated heterocycles. The smallest absolute Gasteiger partial charge is 0.249 e. The van der Waals surface area contributed by atoms with Crippen molar-refractivity contribution in [3.8, 4) is 0 Å². The van der Waals surface area contributed by atoms with Crippen LogP contribution >= 0.6 is 0 Å². The fourth-order valence-corrected chi connectivity index (χ4v) is 3.32. The highest BCUT2D eigenvalue weighted by Gasteiger charge is 2.36. The van der Waals surface area contributed by atoms with Crippen molar-refractivity contribution in [2.45, 2.75) is 57.9 Å². The number of aromatic nitrogens is 2. The van der Waals surface area contributed by atoms with E-state index in [-0.39, 0.29) is 12.0 Å². The van der Waals surface area contributed by atoms with Gasteiger partial charge in [-0.2, -0.15) is 4.98 Å². The topological polar surface area (TPSA) is 59.2 Å². The van der Waals surface area contributed by atoms with Crippen LogP contribution in [0.2, 0.25) is 0 Å². The molecule has 5 nitrogen and oxygen atoms in total. The van der Waals surface area contributed by atoms with Crippen LogP contribution in [0.1, 0.15) is 62.7 Å². The van der Waals surface area contributed by atoms with Gasteiger partial charge in [-0.15, -0.1) is 0 Å². The van der Waals surface area contributed by atoms with E-state index in [9.17, 15) is 4.79 Å². The molecular formula is C14H21N3O2. The Morgan fingerprint density at radius 2 is 2.00 bits per heavy atom. The summed E-state index contributed by atoms with van der Waals surface area (Å²) in [5.41, 5.74) is 0. The lowest BCUT2D eigenvalue weighted by Crippen LogP contribution is -2.36. The maximum absolute atomic E-state index is 12.6. The van der Waals surface area contributed by atoms with Gasteiger partial charge in [0.25, 0.3) is 0 Å². The van der Waals surface area contributed by atoms with Crippen molar-refractivity contribution in [3.05, 3.63) is 11.7 Å². The van der Waals surface area contributed by atoms with Crippen LogP contribution in [0.25, 0.3) is 0 Å². The van der Waals surface area contributed by atoms with Crippen molar-refractivity contribution in [2.24, 2.45) is 5.92 Å². The van der Waals surface area contributed by atoms with E-state index in [0.717, 1.165) is 32.2 Å². The van der Waals surface area contributed by atoms with Crippen LogP contribution in [0.15, 0.2) is 4.52 Å².